The highest BCUT2D eigenvalue weighted by molar-refractivity contribution is 5.81. The van der Waals surface area contributed by atoms with Crippen molar-refractivity contribution in [2.45, 2.75) is 12.6 Å². The molecule has 88 valence electrons. The number of carbonyl (C=O) groups excluding carboxylic acids is 1. The molecule has 0 spiro atoms. The zero-order valence-electron chi connectivity index (χ0n) is 9.17. The topological polar surface area (TPSA) is 76.2 Å². The summed E-state index contributed by atoms with van der Waals surface area (Å²) >= 11 is 0. The van der Waals surface area contributed by atoms with Gasteiger partial charge in [-0.25, -0.2) is 4.98 Å². The number of hydrogen-bond donors (Lipinski definition) is 2. The van der Waals surface area contributed by atoms with Gasteiger partial charge in [0.05, 0.1) is 6.33 Å². The molecule has 1 saturated heterocycles. The minimum Gasteiger partial charge on any atom is -0.339 e. The van der Waals surface area contributed by atoms with Crippen molar-refractivity contribution in [3.63, 3.8) is 0 Å². The summed E-state index contributed by atoms with van der Waals surface area (Å²) in [6.07, 6.45) is 5.16. The van der Waals surface area contributed by atoms with Gasteiger partial charge in [-0.3, -0.25) is 4.79 Å². The van der Waals surface area contributed by atoms with Gasteiger partial charge < -0.3 is 20.5 Å². The fraction of sp³-hybridized carbons (Fsp3) is 0.600. The lowest BCUT2D eigenvalue weighted by Gasteiger charge is -2.29. The van der Waals surface area contributed by atoms with Gasteiger partial charge in [-0.15, -0.1) is 0 Å². The van der Waals surface area contributed by atoms with Crippen molar-refractivity contribution in [1.82, 2.24) is 19.8 Å². The number of nitrogens with zero attached hydrogens (tertiary/aromatic N) is 3. The number of piperazine rings is 1. The number of imidazole rings is 1. The molecule has 0 bridgehead atoms. The van der Waals surface area contributed by atoms with Gasteiger partial charge in [-0.05, 0) is 0 Å². The Balaban J connectivity index is 1.88. The summed E-state index contributed by atoms with van der Waals surface area (Å²) in [5, 5.41) is 3.20. The largest absolute Gasteiger partial charge is 0.339 e. The van der Waals surface area contributed by atoms with Crippen molar-refractivity contribution >= 4 is 5.91 Å². The van der Waals surface area contributed by atoms with Crippen molar-refractivity contribution in [2.75, 3.05) is 26.2 Å². The zero-order chi connectivity index (χ0) is 11.4. The quantitative estimate of drug-likeness (QED) is 0.664. The van der Waals surface area contributed by atoms with Gasteiger partial charge in [0, 0.05) is 45.1 Å². The molecule has 1 aliphatic heterocycles. The summed E-state index contributed by atoms with van der Waals surface area (Å²) in [5.41, 5.74) is 5.88. The molecule has 2 rings (SSSR count). The molecule has 6 nitrogen and oxygen atoms in total. The molecule has 16 heavy (non-hydrogen) atoms. The first-order chi connectivity index (χ1) is 7.77. The molecule has 1 atom stereocenters. The Labute approximate surface area is 94.4 Å². The van der Waals surface area contributed by atoms with Gasteiger partial charge in [0.1, 0.15) is 6.04 Å². The minimum atomic E-state index is -0.479. The van der Waals surface area contributed by atoms with E-state index in [-0.39, 0.29) is 5.91 Å². The monoisotopic (exact) mass is 223 g/mol. The second-order valence-corrected chi connectivity index (χ2v) is 3.94. The summed E-state index contributed by atoms with van der Waals surface area (Å²) in [5.74, 6) is 0.0233. The lowest BCUT2D eigenvalue weighted by molar-refractivity contribution is -0.133. The van der Waals surface area contributed by atoms with E-state index < -0.39 is 6.04 Å². The first-order valence-corrected chi connectivity index (χ1v) is 5.48. The van der Waals surface area contributed by atoms with Crippen molar-refractivity contribution < 1.29 is 4.79 Å². The van der Waals surface area contributed by atoms with Crippen LogP contribution in [0.3, 0.4) is 0 Å². The van der Waals surface area contributed by atoms with Gasteiger partial charge >= 0.3 is 0 Å². The Bertz CT molecular complexity index is 331. The molecule has 1 aliphatic rings. The van der Waals surface area contributed by atoms with Crippen LogP contribution >= 0.6 is 0 Å². The number of nitrogens with one attached hydrogen (secondary N) is 1. The van der Waals surface area contributed by atoms with Crippen LogP contribution < -0.4 is 11.1 Å². The molecular weight excluding hydrogens is 206 g/mol. The van der Waals surface area contributed by atoms with Crippen molar-refractivity contribution in [1.29, 1.82) is 0 Å². The summed E-state index contributed by atoms with van der Waals surface area (Å²) in [7, 11) is 0. The molecule has 3 N–H and O–H groups in total. The van der Waals surface area contributed by atoms with Gasteiger partial charge in [0.15, 0.2) is 0 Å². The molecule has 1 fully saturated rings. The smallest absolute Gasteiger partial charge is 0.241 e. The Kier molecular flexibility index (Phi) is 3.53. The number of hydrogen-bond acceptors (Lipinski definition) is 4. The molecule has 0 saturated carbocycles. The SMILES string of the molecule is NC(Cn1ccnc1)C(=O)N1CCNCC1. The van der Waals surface area contributed by atoms with E-state index in [1.54, 1.807) is 12.5 Å². The number of aromatic nitrogens is 2. The Hall–Kier alpha value is -1.40. The second-order valence-electron chi connectivity index (χ2n) is 3.94. The summed E-state index contributed by atoms with van der Waals surface area (Å²) in [6, 6.07) is -0.479. The fourth-order valence-electron chi connectivity index (χ4n) is 1.82. The van der Waals surface area contributed by atoms with E-state index in [1.165, 1.54) is 0 Å². The average molecular weight is 223 g/mol. The van der Waals surface area contributed by atoms with Gasteiger partial charge in [0.25, 0.3) is 0 Å². The number of rotatable bonds is 3. The predicted molar refractivity (Wildman–Crippen MR) is 59.7 cm³/mol. The molecule has 6 heteroatoms. The van der Waals surface area contributed by atoms with Crippen LogP contribution in [0.4, 0.5) is 0 Å². The van der Waals surface area contributed by atoms with Crippen molar-refractivity contribution in [3.05, 3.63) is 18.7 Å². The van der Waals surface area contributed by atoms with Crippen LogP contribution in [0.15, 0.2) is 18.7 Å². The minimum absolute atomic E-state index is 0.0233. The van der Waals surface area contributed by atoms with E-state index in [9.17, 15) is 4.79 Å². The molecule has 1 amide bonds. The molecule has 1 unspecified atom stereocenters. The summed E-state index contributed by atoms with van der Waals surface area (Å²) in [4.78, 5) is 17.7. The lowest BCUT2D eigenvalue weighted by atomic mass is 10.2. The first-order valence-electron chi connectivity index (χ1n) is 5.48. The van der Waals surface area contributed by atoms with Gasteiger partial charge in [0.2, 0.25) is 5.91 Å². The predicted octanol–water partition coefficient (Wildman–Crippen LogP) is -1.36. The van der Waals surface area contributed by atoms with E-state index in [0.29, 0.717) is 6.54 Å². The maximum absolute atomic E-state index is 12.0. The van der Waals surface area contributed by atoms with Gasteiger partial charge in [-0.1, -0.05) is 0 Å². The Morgan fingerprint density at radius 3 is 2.88 bits per heavy atom. The van der Waals surface area contributed by atoms with Gasteiger partial charge in [-0.2, -0.15) is 0 Å². The van der Waals surface area contributed by atoms with Crippen LogP contribution in [0.2, 0.25) is 0 Å². The summed E-state index contributed by atoms with van der Waals surface area (Å²) < 4.78 is 1.82. The third-order valence-corrected chi connectivity index (χ3v) is 2.71. The highest BCUT2D eigenvalue weighted by atomic mass is 16.2. The molecule has 1 aromatic heterocycles. The molecule has 0 aliphatic carbocycles. The highest BCUT2D eigenvalue weighted by Gasteiger charge is 2.22. The maximum Gasteiger partial charge on any atom is 0.241 e. The number of amides is 1. The average Bonchev–Trinajstić information content (AvgIpc) is 2.82. The van der Waals surface area contributed by atoms with Crippen LogP contribution in [0.5, 0.6) is 0 Å². The molecule has 2 heterocycles. The first kappa shape index (κ1) is 11.1. The van der Waals surface area contributed by atoms with Crippen molar-refractivity contribution in [3.8, 4) is 0 Å². The molecule has 1 aromatic rings. The van der Waals surface area contributed by atoms with Crippen LogP contribution in [0.25, 0.3) is 0 Å². The molecular formula is C10H17N5O. The van der Waals surface area contributed by atoms with Crippen LogP contribution in [0.1, 0.15) is 0 Å². The maximum atomic E-state index is 12.0. The zero-order valence-corrected chi connectivity index (χ0v) is 9.17. The van der Waals surface area contributed by atoms with E-state index in [0.717, 1.165) is 26.2 Å². The standard InChI is InChI=1S/C10H17N5O/c11-9(7-14-4-1-13-8-14)10(16)15-5-2-12-3-6-15/h1,4,8-9,12H,2-3,5-7,11H2. The van der Waals surface area contributed by atoms with Crippen LogP contribution in [0, 0.1) is 0 Å². The normalized spacial score (nSPS) is 18.4. The highest BCUT2D eigenvalue weighted by Crippen LogP contribution is 1.99. The Morgan fingerprint density at radius 1 is 1.50 bits per heavy atom. The van der Waals surface area contributed by atoms with E-state index in [1.807, 2.05) is 15.7 Å². The molecule has 0 aromatic carbocycles. The van der Waals surface area contributed by atoms with Crippen LogP contribution in [-0.4, -0.2) is 52.6 Å². The van der Waals surface area contributed by atoms with Crippen molar-refractivity contribution in [2.24, 2.45) is 5.73 Å². The lowest BCUT2D eigenvalue weighted by Crippen LogP contribution is -2.52. The second kappa shape index (κ2) is 5.09. The molecule has 0 radical (unpaired) electrons. The number of nitrogens with two attached hydrogens (primary N) is 1. The Morgan fingerprint density at radius 2 is 2.25 bits per heavy atom. The van der Waals surface area contributed by atoms with E-state index >= 15 is 0 Å². The third-order valence-electron chi connectivity index (χ3n) is 2.71. The fourth-order valence-corrected chi connectivity index (χ4v) is 1.82. The number of carbonyl (C=O) groups is 1. The van der Waals surface area contributed by atoms with Crippen LogP contribution in [-0.2, 0) is 11.3 Å². The van der Waals surface area contributed by atoms with E-state index in [2.05, 4.69) is 10.3 Å². The summed E-state index contributed by atoms with van der Waals surface area (Å²) in [6.45, 7) is 3.68. The third kappa shape index (κ3) is 2.59. The van der Waals surface area contributed by atoms with E-state index in [4.69, 9.17) is 5.73 Å².